The predicted molar refractivity (Wildman–Crippen MR) is 81.1 cm³/mol. The van der Waals surface area contributed by atoms with Crippen molar-refractivity contribution in [2.45, 2.75) is 13.0 Å². The summed E-state index contributed by atoms with van der Waals surface area (Å²) in [6, 6.07) is 7.36. The first kappa shape index (κ1) is 16.1. The molecule has 6 heteroatoms. The number of benzene rings is 1. The van der Waals surface area contributed by atoms with Crippen molar-refractivity contribution in [3.8, 4) is 0 Å². The normalized spacial score (nSPS) is 16.8. The highest BCUT2D eigenvalue weighted by molar-refractivity contribution is 6.33. The summed E-state index contributed by atoms with van der Waals surface area (Å²) >= 11 is 6.16. The fraction of sp³-hybridized carbons (Fsp3) is 0.462. The number of rotatable bonds is 2. The summed E-state index contributed by atoms with van der Waals surface area (Å²) in [7, 11) is 0. The lowest BCUT2D eigenvalue weighted by molar-refractivity contribution is -0.132. The van der Waals surface area contributed by atoms with Crippen molar-refractivity contribution in [3.63, 3.8) is 0 Å². The lowest BCUT2D eigenvalue weighted by atomic mass is 10.2. The van der Waals surface area contributed by atoms with E-state index in [0.29, 0.717) is 13.1 Å². The Morgan fingerprint density at radius 3 is 2.37 bits per heavy atom. The Kier molecular flexibility index (Phi) is 5.91. The Morgan fingerprint density at radius 1 is 1.26 bits per heavy atom. The van der Waals surface area contributed by atoms with E-state index >= 15 is 0 Å². The van der Waals surface area contributed by atoms with Gasteiger partial charge in [-0.15, -0.1) is 12.4 Å². The smallest absolute Gasteiger partial charge is 0.239 e. The van der Waals surface area contributed by atoms with Crippen LogP contribution in [0, 0.1) is 0 Å². The number of carbonyl (C=O) groups is 1. The van der Waals surface area contributed by atoms with E-state index in [1.54, 1.807) is 6.92 Å². The van der Waals surface area contributed by atoms with Gasteiger partial charge in [-0.05, 0) is 19.1 Å². The van der Waals surface area contributed by atoms with Gasteiger partial charge in [0, 0.05) is 26.2 Å². The summed E-state index contributed by atoms with van der Waals surface area (Å²) in [5.74, 6) is 0.0220. The molecule has 0 bridgehead atoms. The number of nitrogens with zero attached hydrogens (tertiary/aromatic N) is 2. The monoisotopic (exact) mass is 303 g/mol. The molecule has 1 aromatic carbocycles. The summed E-state index contributed by atoms with van der Waals surface area (Å²) in [6.45, 7) is 4.71. The Bertz CT molecular complexity index is 432. The molecule has 1 saturated heterocycles. The van der Waals surface area contributed by atoms with Gasteiger partial charge < -0.3 is 15.5 Å². The maximum atomic E-state index is 11.8. The van der Waals surface area contributed by atoms with E-state index in [0.717, 1.165) is 23.8 Å². The fourth-order valence-electron chi connectivity index (χ4n) is 2.16. The standard InChI is InChI=1S/C13H18ClN3O.ClH/c1-10(15)13(18)17-8-6-16(7-9-17)12-5-3-2-4-11(12)14;/h2-5,10H,6-9,15H2,1H3;1H. The molecular formula is C13H19Cl2N3O. The first-order valence-electron chi connectivity index (χ1n) is 6.13. The maximum Gasteiger partial charge on any atom is 0.239 e. The summed E-state index contributed by atoms with van der Waals surface area (Å²) in [5, 5.41) is 0.754. The largest absolute Gasteiger partial charge is 0.367 e. The highest BCUT2D eigenvalue weighted by atomic mass is 35.5. The molecule has 1 fully saturated rings. The van der Waals surface area contributed by atoms with Crippen LogP contribution in [0.4, 0.5) is 5.69 Å². The molecule has 19 heavy (non-hydrogen) atoms. The van der Waals surface area contributed by atoms with Gasteiger partial charge in [-0.1, -0.05) is 23.7 Å². The lowest BCUT2D eigenvalue weighted by Crippen LogP contribution is -2.52. The van der Waals surface area contributed by atoms with Gasteiger partial charge >= 0.3 is 0 Å². The molecule has 0 radical (unpaired) electrons. The van der Waals surface area contributed by atoms with Gasteiger partial charge in [0.25, 0.3) is 0 Å². The zero-order valence-corrected chi connectivity index (χ0v) is 12.5. The van der Waals surface area contributed by atoms with Gasteiger partial charge in [-0.3, -0.25) is 4.79 Å². The third-order valence-corrected chi connectivity index (χ3v) is 3.49. The molecule has 0 spiro atoms. The SMILES string of the molecule is CC(N)C(=O)N1CCN(c2ccccc2Cl)CC1.Cl. The van der Waals surface area contributed by atoms with Crippen LogP contribution in [0.2, 0.25) is 5.02 Å². The number of carbonyl (C=O) groups excluding carboxylic acids is 1. The number of anilines is 1. The fourth-order valence-corrected chi connectivity index (χ4v) is 2.42. The number of hydrogen-bond donors (Lipinski definition) is 1. The number of para-hydroxylation sites is 1. The van der Waals surface area contributed by atoms with Crippen LogP contribution in [0.1, 0.15) is 6.92 Å². The van der Waals surface area contributed by atoms with Crippen LogP contribution in [0.15, 0.2) is 24.3 Å². The molecule has 4 nitrogen and oxygen atoms in total. The van der Waals surface area contributed by atoms with E-state index < -0.39 is 6.04 Å². The van der Waals surface area contributed by atoms with Crippen molar-refractivity contribution >= 4 is 35.6 Å². The van der Waals surface area contributed by atoms with Crippen LogP contribution in [-0.4, -0.2) is 43.0 Å². The third-order valence-electron chi connectivity index (χ3n) is 3.17. The molecule has 1 aliphatic rings. The quantitative estimate of drug-likeness (QED) is 0.906. The first-order chi connectivity index (χ1) is 8.59. The van der Waals surface area contributed by atoms with Crippen LogP contribution in [0.25, 0.3) is 0 Å². The van der Waals surface area contributed by atoms with Crippen molar-refractivity contribution in [1.82, 2.24) is 4.90 Å². The van der Waals surface area contributed by atoms with Crippen LogP contribution < -0.4 is 10.6 Å². The molecule has 1 aromatic rings. The van der Waals surface area contributed by atoms with Crippen LogP contribution >= 0.6 is 24.0 Å². The molecule has 2 rings (SSSR count). The number of hydrogen-bond acceptors (Lipinski definition) is 3. The minimum Gasteiger partial charge on any atom is -0.367 e. The molecule has 2 N–H and O–H groups in total. The van der Waals surface area contributed by atoms with E-state index in [4.69, 9.17) is 17.3 Å². The van der Waals surface area contributed by atoms with E-state index in [1.807, 2.05) is 29.2 Å². The molecular weight excluding hydrogens is 285 g/mol. The molecule has 0 saturated carbocycles. The number of nitrogens with two attached hydrogens (primary N) is 1. The third kappa shape index (κ3) is 3.75. The van der Waals surface area contributed by atoms with Crippen LogP contribution in [-0.2, 0) is 4.79 Å². The zero-order valence-electron chi connectivity index (χ0n) is 10.9. The summed E-state index contributed by atoms with van der Waals surface area (Å²) < 4.78 is 0. The average Bonchev–Trinajstić information content (AvgIpc) is 2.38. The molecule has 1 amide bonds. The van der Waals surface area contributed by atoms with Gasteiger partial charge in [0.05, 0.1) is 16.8 Å². The first-order valence-corrected chi connectivity index (χ1v) is 6.51. The second-order valence-electron chi connectivity index (χ2n) is 4.55. The van der Waals surface area contributed by atoms with E-state index in [9.17, 15) is 4.79 Å². The molecule has 0 aliphatic carbocycles. The van der Waals surface area contributed by atoms with Gasteiger partial charge in [0.1, 0.15) is 0 Å². The second kappa shape index (κ2) is 6.98. The van der Waals surface area contributed by atoms with Gasteiger partial charge in [-0.2, -0.15) is 0 Å². The highest BCUT2D eigenvalue weighted by Gasteiger charge is 2.23. The maximum absolute atomic E-state index is 11.8. The van der Waals surface area contributed by atoms with Crippen molar-refractivity contribution in [2.75, 3.05) is 31.1 Å². The molecule has 1 aliphatic heterocycles. The second-order valence-corrected chi connectivity index (χ2v) is 4.96. The minimum absolute atomic E-state index is 0. The Balaban J connectivity index is 0.00000180. The number of amides is 1. The Morgan fingerprint density at radius 2 is 1.84 bits per heavy atom. The van der Waals surface area contributed by atoms with Gasteiger partial charge in [0.15, 0.2) is 0 Å². The van der Waals surface area contributed by atoms with Gasteiger partial charge in [0.2, 0.25) is 5.91 Å². The molecule has 1 heterocycles. The predicted octanol–water partition coefficient (Wildman–Crippen LogP) is 1.76. The van der Waals surface area contributed by atoms with E-state index in [2.05, 4.69) is 4.90 Å². The van der Waals surface area contributed by atoms with Gasteiger partial charge in [-0.25, -0.2) is 0 Å². The molecule has 106 valence electrons. The van der Waals surface area contributed by atoms with Crippen molar-refractivity contribution < 1.29 is 4.79 Å². The minimum atomic E-state index is -0.420. The summed E-state index contributed by atoms with van der Waals surface area (Å²) in [5.41, 5.74) is 6.65. The van der Waals surface area contributed by atoms with Crippen LogP contribution in [0.5, 0.6) is 0 Å². The zero-order chi connectivity index (χ0) is 13.1. The molecule has 1 unspecified atom stereocenters. The molecule has 0 aromatic heterocycles. The summed E-state index contributed by atoms with van der Waals surface area (Å²) in [4.78, 5) is 15.8. The highest BCUT2D eigenvalue weighted by Crippen LogP contribution is 2.25. The van der Waals surface area contributed by atoms with Crippen molar-refractivity contribution in [1.29, 1.82) is 0 Å². The number of piperazine rings is 1. The van der Waals surface area contributed by atoms with Crippen molar-refractivity contribution in [3.05, 3.63) is 29.3 Å². The van der Waals surface area contributed by atoms with E-state index in [-0.39, 0.29) is 18.3 Å². The average molecular weight is 304 g/mol. The lowest BCUT2D eigenvalue weighted by Gasteiger charge is -2.37. The number of halogens is 2. The summed E-state index contributed by atoms with van der Waals surface area (Å²) in [6.07, 6.45) is 0. The Labute approximate surface area is 124 Å². The molecule has 1 atom stereocenters. The van der Waals surface area contributed by atoms with E-state index in [1.165, 1.54) is 0 Å². The Hall–Kier alpha value is -0.970. The topological polar surface area (TPSA) is 49.6 Å². The van der Waals surface area contributed by atoms with Crippen LogP contribution in [0.3, 0.4) is 0 Å². The van der Waals surface area contributed by atoms with Crippen molar-refractivity contribution in [2.24, 2.45) is 5.73 Å².